The van der Waals surface area contributed by atoms with E-state index in [2.05, 4.69) is 35.6 Å². The Morgan fingerprint density at radius 3 is 2.34 bits per heavy atom. The molecule has 3 N–H and O–H groups in total. The molecule has 0 aromatic heterocycles. The molecule has 3 aromatic carbocycles. The van der Waals surface area contributed by atoms with Crippen LogP contribution in [0, 0.1) is 6.92 Å². The number of unbranched alkanes of at least 4 members (excludes halogenated alkanes) is 3. The summed E-state index contributed by atoms with van der Waals surface area (Å²) in [5.41, 5.74) is 3.51. The molecule has 8 nitrogen and oxygen atoms in total. The van der Waals surface area contributed by atoms with Crippen molar-refractivity contribution in [1.29, 1.82) is 0 Å². The maximum absolute atomic E-state index is 12.9. The molecule has 2 atom stereocenters. The van der Waals surface area contributed by atoms with Gasteiger partial charge in [-0.3, -0.25) is 4.79 Å². The summed E-state index contributed by atoms with van der Waals surface area (Å²) >= 11 is 0. The quantitative estimate of drug-likeness (QED) is 0.178. The highest BCUT2D eigenvalue weighted by atomic mass is 16.6. The predicted octanol–water partition coefficient (Wildman–Crippen LogP) is 5.41. The number of aryl methyl sites for hydroxylation is 2. The van der Waals surface area contributed by atoms with E-state index in [1.54, 1.807) is 0 Å². The van der Waals surface area contributed by atoms with E-state index in [9.17, 15) is 19.5 Å². The number of amides is 1. The van der Waals surface area contributed by atoms with Gasteiger partial charge in [-0.15, -0.1) is 0 Å². The summed E-state index contributed by atoms with van der Waals surface area (Å²) in [7, 11) is 0. The zero-order valence-electron chi connectivity index (χ0n) is 23.5. The summed E-state index contributed by atoms with van der Waals surface area (Å²) in [4.78, 5) is 35.7. The van der Waals surface area contributed by atoms with Crippen LogP contribution in [0.15, 0.2) is 72.8 Å². The van der Waals surface area contributed by atoms with Crippen molar-refractivity contribution in [2.45, 2.75) is 57.7 Å². The third kappa shape index (κ3) is 11.2. The molecule has 41 heavy (non-hydrogen) atoms. The van der Waals surface area contributed by atoms with Gasteiger partial charge < -0.3 is 25.0 Å². The molecule has 0 fully saturated rings. The third-order valence-electron chi connectivity index (χ3n) is 6.62. The Morgan fingerprint density at radius 2 is 1.61 bits per heavy atom. The van der Waals surface area contributed by atoms with E-state index >= 15 is 0 Å². The van der Waals surface area contributed by atoms with Gasteiger partial charge in [0, 0.05) is 13.2 Å². The topological polar surface area (TPSA) is 122 Å². The lowest BCUT2D eigenvalue weighted by Crippen LogP contribution is -2.49. The number of carboxylic acid groups (broad SMARTS) is 2. The van der Waals surface area contributed by atoms with Crippen LogP contribution in [-0.4, -0.2) is 60.0 Å². The Balaban J connectivity index is 1.45. The van der Waals surface area contributed by atoms with Gasteiger partial charge >= 0.3 is 11.9 Å². The molecule has 0 saturated carbocycles. The Kier molecular flexibility index (Phi) is 13.0. The number of carbonyl (C=O) groups excluding carboxylic acids is 1. The number of nitrogens with one attached hydrogen (secondary N) is 1. The summed E-state index contributed by atoms with van der Waals surface area (Å²) in [5, 5.41) is 23.7. The van der Waals surface area contributed by atoms with Gasteiger partial charge in [-0.2, -0.15) is 0 Å². The number of rotatable bonds is 18. The molecule has 0 spiro atoms. The molecular formula is C33H39NO7. The number of carbonyl (C=O) groups is 3. The van der Waals surface area contributed by atoms with Crippen LogP contribution in [0.3, 0.4) is 0 Å². The fourth-order valence-corrected chi connectivity index (χ4v) is 4.40. The Hall–Kier alpha value is -4.01. The van der Waals surface area contributed by atoms with Crippen molar-refractivity contribution in [3.05, 3.63) is 89.5 Å². The minimum atomic E-state index is -1.73. The minimum absolute atomic E-state index is 0.113. The van der Waals surface area contributed by atoms with Gasteiger partial charge in [0.05, 0.1) is 0 Å². The van der Waals surface area contributed by atoms with E-state index < -0.39 is 36.7 Å². The number of ether oxygens (including phenoxy) is 2. The highest BCUT2D eigenvalue weighted by molar-refractivity contribution is 5.88. The molecule has 218 valence electrons. The molecule has 0 saturated heterocycles. The first-order chi connectivity index (χ1) is 19.8. The van der Waals surface area contributed by atoms with Gasteiger partial charge in [0.1, 0.15) is 6.61 Å². The van der Waals surface area contributed by atoms with Crippen LogP contribution in [0.2, 0.25) is 0 Å². The zero-order valence-corrected chi connectivity index (χ0v) is 23.5. The van der Waals surface area contributed by atoms with Crippen molar-refractivity contribution in [1.82, 2.24) is 5.32 Å². The van der Waals surface area contributed by atoms with Crippen molar-refractivity contribution in [3.63, 3.8) is 0 Å². The molecule has 0 heterocycles. The van der Waals surface area contributed by atoms with Gasteiger partial charge in [0.25, 0.3) is 5.91 Å². The molecule has 2 unspecified atom stereocenters. The third-order valence-corrected chi connectivity index (χ3v) is 6.62. The van der Waals surface area contributed by atoms with Gasteiger partial charge in [0.2, 0.25) is 0 Å². The van der Waals surface area contributed by atoms with E-state index in [4.69, 9.17) is 14.6 Å². The van der Waals surface area contributed by atoms with Crippen molar-refractivity contribution in [2.24, 2.45) is 0 Å². The van der Waals surface area contributed by atoms with Crippen LogP contribution < -0.4 is 5.32 Å². The summed E-state index contributed by atoms with van der Waals surface area (Å²) in [6.07, 6.45) is 5.44. The van der Waals surface area contributed by atoms with E-state index in [1.807, 2.05) is 55.5 Å². The second-order valence-corrected chi connectivity index (χ2v) is 9.99. The second kappa shape index (κ2) is 16.9. The summed E-state index contributed by atoms with van der Waals surface area (Å²) < 4.78 is 10.7. The molecule has 0 aliphatic carbocycles. The fraction of sp³-hybridized carbons (Fsp3) is 0.364. The zero-order chi connectivity index (χ0) is 29.5. The maximum atomic E-state index is 12.9. The van der Waals surface area contributed by atoms with E-state index in [-0.39, 0.29) is 6.61 Å². The van der Waals surface area contributed by atoms with Gasteiger partial charge in [-0.05, 0) is 60.9 Å². The first-order valence-electron chi connectivity index (χ1n) is 14.0. The lowest BCUT2D eigenvalue weighted by Gasteiger charge is -2.23. The normalized spacial score (nSPS) is 12.8. The van der Waals surface area contributed by atoms with Crippen LogP contribution in [-0.2, 0) is 30.3 Å². The van der Waals surface area contributed by atoms with Gasteiger partial charge in [0.15, 0.2) is 12.2 Å². The van der Waals surface area contributed by atoms with Crippen LogP contribution in [0.25, 0.3) is 16.8 Å². The standard InChI is InChI=1S/C33H39NO7/c1-24-14-16-25(17-15-24)10-5-3-9-21-40-30(31(33(38)39)41-23-29(35)36)32(37)34-20-8-2-4-11-26-18-19-27-12-6-7-13-28(27)22-26/h5-7,10,12-19,22,30-31H,2-4,8-9,11,20-21,23H2,1H3,(H,34,37)(H,35,36)(H,38,39). The smallest absolute Gasteiger partial charge is 0.336 e. The molecule has 8 heteroatoms. The molecule has 0 radical (unpaired) electrons. The maximum Gasteiger partial charge on any atom is 0.336 e. The second-order valence-electron chi connectivity index (χ2n) is 9.99. The highest BCUT2D eigenvalue weighted by Gasteiger charge is 2.36. The summed E-state index contributed by atoms with van der Waals surface area (Å²) in [5.74, 6) is -3.42. The van der Waals surface area contributed by atoms with Gasteiger partial charge in [-0.25, -0.2) is 9.59 Å². The minimum Gasteiger partial charge on any atom is -0.480 e. The number of hydrogen-bond donors (Lipinski definition) is 3. The first kappa shape index (κ1) is 31.5. The number of benzene rings is 3. The van der Waals surface area contributed by atoms with Gasteiger partial charge in [-0.1, -0.05) is 90.9 Å². The van der Waals surface area contributed by atoms with E-state index in [0.29, 0.717) is 25.8 Å². The first-order valence-corrected chi connectivity index (χ1v) is 14.0. The van der Waals surface area contributed by atoms with Crippen LogP contribution in [0.1, 0.15) is 48.8 Å². The Bertz CT molecular complexity index is 1300. The lowest BCUT2D eigenvalue weighted by atomic mass is 10.0. The highest BCUT2D eigenvalue weighted by Crippen LogP contribution is 2.17. The van der Waals surface area contributed by atoms with Crippen LogP contribution >= 0.6 is 0 Å². The predicted molar refractivity (Wildman–Crippen MR) is 159 cm³/mol. The van der Waals surface area contributed by atoms with E-state index in [0.717, 1.165) is 24.8 Å². The molecule has 3 rings (SSSR count). The summed E-state index contributed by atoms with van der Waals surface area (Å²) in [6.45, 7) is 1.64. The largest absolute Gasteiger partial charge is 0.480 e. The van der Waals surface area contributed by atoms with Crippen molar-refractivity contribution in [3.8, 4) is 0 Å². The number of fused-ring (bicyclic) bond motifs is 1. The van der Waals surface area contributed by atoms with Crippen molar-refractivity contribution >= 4 is 34.7 Å². The summed E-state index contributed by atoms with van der Waals surface area (Å²) in [6, 6.07) is 22.8. The Morgan fingerprint density at radius 1 is 0.854 bits per heavy atom. The van der Waals surface area contributed by atoms with Crippen molar-refractivity contribution in [2.75, 3.05) is 19.8 Å². The lowest BCUT2D eigenvalue weighted by molar-refractivity contribution is -0.172. The molecule has 1 amide bonds. The number of allylic oxidation sites excluding steroid dienone is 1. The number of carboxylic acids is 2. The SMILES string of the molecule is Cc1ccc(C=CCCCOC(C(=O)NCCCCCc2ccc3ccccc3c2)C(OCC(=O)O)C(=O)O)cc1. The number of aliphatic carboxylic acids is 2. The monoisotopic (exact) mass is 561 g/mol. The fourth-order valence-electron chi connectivity index (χ4n) is 4.40. The Labute approximate surface area is 241 Å². The molecule has 0 bridgehead atoms. The van der Waals surface area contributed by atoms with Crippen molar-refractivity contribution < 1.29 is 34.1 Å². The molecule has 3 aromatic rings. The van der Waals surface area contributed by atoms with E-state index in [1.165, 1.54) is 21.9 Å². The number of hydrogen-bond acceptors (Lipinski definition) is 5. The average molecular weight is 562 g/mol. The average Bonchev–Trinajstić information content (AvgIpc) is 2.96. The van der Waals surface area contributed by atoms with Crippen LogP contribution in [0.5, 0.6) is 0 Å². The molecule has 0 aliphatic heterocycles. The molecule has 0 aliphatic rings. The van der Waals surface area contributed by atoms with Crippen LogP contribution in [0.4, 0.5) is 0 Å². The molecular weight excluding hydrogens is 522 g/mol.